The van der Waals surface area contributed by atoms with Gasteiger partial charge in [-0.15, -0.1) is 5.38 Å². The maximum Gasteiger partial charge on any atom is 0.0319 e. The van der Waals surface area contributed by atoms with Crippen molar-refractivity contribution in [2.45, 2.75) is 0 Å². The molecule has 0 bridgehead atoms. The van der Waals surface area contributed by atoms with Crippen LogP contribution in [0.25, 0.3) is 0 Å². The number of hydrogen-bond donors (Lipinski definition) is 2. The second-order valence-electron chi connectivity index (χ2n) is 0.731. The molecule has 1 heterocycles. The van der Waals surface area contributed by atoms with Crippen LogP contribution in [0.15, 0.2) is 17.5 Å². The predicted octanol–water partition coefficient (Wildman–Crippen LogP) is 0.763. The molecule has 0 atom stereocenters. The third kappa shape index (κ3) is 15.8. The molecule has 2 nitrogen and oxygen atoms in total. The van der Waals surface area contributed by atoms with Gasteiger partial charge in [-0.25, -0.2) is 6.07 Å². The van der Waals surface area contributed by atoms with E-state index >= 15 is 0 Å². The number of rotatable bonds is 0. The maximum absolute atomic E-state index is 7.00. The quantitative estimate of drug-likeness (QED) is 0.474. The van der Waals surface area contributed by atoms with Gasteiger partial charge >= 0.3 is 0 Å². The van der Waals surface area contributed by atoms with Gasteiger partial charge in [-0.2, -0.15) is 11.4 Å². The van der Waals surface area contributed by atoms with E-state index in [-0.39, 0.29) is 21.7 Å². The molecule has 0 radical (unpaired) electrons. The SMILES string of the molecule is CO.CO.[Ti].[c-]1cccs1. The fraction of sp³-hybridized carbons (Fsp3) is 0.333. The molecule has 1 aromatic rings. The minimum absolute atomic E-state index is 0. The van der Waals surface area contributed by atoms with E-state index in [0.29, 0.717) is 0 Å². The largest absolute Gasteiger partial charge is 0.400 e. The van der Waals surface area contributed by atoms with Crippen molar-refractivity contribution in [2.24, 2.45) is 0 Å². The third-order valence-electron chi connectivity index (χ3n) is 0.379. The predicted molar refractivity (Wildman–Crippen MR) is 39.4 cm³/mol. The van der Waals surface area contributed by atoms with Crippen LogP contribution in [0.5, 0.6) is 0 Å². The van der Waals surface area contributed by atoms with E-state index in [9.17, 15) is 0 Å². The zero-order valence-electron chi connectivity index (χ0n) is 6.03. The summed E-state index contributed by atoms with van der Waals surface area (Å²) in [6.07, 6.45) is 0. The smallest absolute Gasteiger partial charge is 0.0319 e. The van der Waals surface area contributed by atoms with Crippen molar-refractivity contribution in [2.75, 3.05) is 14.2 Å². The monoisotopic (exact) mass is 195 g/mol. The van der Waals surface area contributed by atoms with Crippen LogP contribution in [0.1, 0.15) is 0 Å². The molecule has 2 N–H and O–H groups in total. The van der Waals surface area contributed by atoms with Crippen LogP contribution < -0.4 is 0 Å². The summed E-state index contributed by atoms with van der Waals surface area (Å²) in [5.74, 6) is 0. The zero-order valence-corrected chi connectivity index (χ0v) is 8.41. The van der Waals surface area contributed by atoms with Crippen molar-refractivity contribution >= 4 is 11.3 Å². The molecule has 1 aromatic heterocycles. The Balaban J connectivity index is -0.0000000875. The van der Waals surface area contributed by atoms with Crippen LogP contribution in [0.2, 0.25) is 0 Å². The van der Waals surface area contributed by atoms with Gasteiger partial charge in [0.05, 0.1) is 0 Å². The summed E-state index contributed by atoms with van der Waals surface area (Å²) in [6.45, 7) is 0. The van der Waals surface area contributed by atoms with Crippen LogP contribution in [0.3, 0.4) is 0 Å². The standard InChI is InChI=1S/C4H3S.2CH4O.Ti/c1-2-4-5-3-1;2*1-2;/h1-3H;2*2H,1H3;/q-1;;;. The molecular formula is C6H11O2STi-. The Morgan fingerprint density at radius 1 is 1.20 bits per heavy atom. The van der Waals surface area contributed by atoms with E-state index in [1.165, 1.54) is 0 Å². The van der Waals surface area contributed by atoms with Crippen molar-refractivity contribution in [3.8, 4) is 0 Å². The van der Waals surface area contributed by atoms with Crippen LogP contribution in [0, 0.1) is 5.38 Å². The molecule has 0 spiro atoms. The van der Waals surface area contributed by atoms with Gasteiger partial charge in [-0.05, 0) is 0 Å². The Morgan fingerprint density at radius 2 is 1.70 bits per heavy atom. The van der Waals surface area contributed by atoms with Gasteiger partial charge in [0.2, 0.25) is 0 Å². The summed E-state index contributed by atoms with van der Waals surface area (Å²) in [6, 6.07) is 3.86. The van der Waals surface area contributed by atoms with Crippen molar-refractivity contribution in [1.82, 2.24) is 0 Å². The van der Waals surface area contributed by atoms with Gasteiger partial charge in [-0.3, -0.25) is 0 Å². The zero-order chi connectivity index (χ0) is 7.54. The van der Waals surface area contributed by atoms with Crippen molar-refractivity contribution in [3.63, 3.8) is 0 Å². The Labute approximate surface area is 80.4 Å². The first-order chi connectivity index (χ1) is 4.50. The average molecular weight is 195 g/mol. The summed E-state index contributed by atoms with van der Waals surface area (Å²) in [5.41, 5.74) is 0. The molecule has 0 aromatic carbocycles. The molecule has 0 aliphatic heterocycles. The Kier molecular flexibility index (Phi) is 38.1. The van der Waals surface area contributed by atoms with E-state index in [1.54, 1.807) is 11.3 Å². The molecule has 0 saturated carbocycles. The first kappa shape index (κ1) is 16.7. The van der Waals surface area contributed by atoms with Gasteiger partial charge in [-0.1, -0.05) is 0 Å². The van der Waals surface area contributed by atoms with Gasteiger partial charge in [0.15, 0.2) is 0 Å². The van der Waals surface area contributed by atoms with E-state index in [1.807, 2.05) is 17.5 Å². The fourth-order valence-corrected chi connectivity index (χ4v) is 0.589. The summed E-state index contributed by atoms with van der Waals surface area (Å²) in [7, 11) is 2.00. The second kappa shape index (κ2) is 22.8. The first-order valence-corrected chi connectivity index (χ1v) is 3.17. The van der Waals surface area contributed by atoms with E-state index in [2.05, 4.69) is 5.38 Å². The van der Waals surface area contributed by atoms with Crippen molar-refractivity contribution < 1.29 is 31.9 Å². The number of hydrogen-bond acceptors (Lipinski definition) is 3. The molecular weight excluding hydrogens is 184 g/mol. The van der Waals surface area contributed by atoms with E-state index < -0.39 is 0 Å². The van der Waals surface area contributed by atoms with Crippen LogP contribution >= 0.6 is 11.3 Å². The van der Waals surface area contributed by atoms with Crippen LogP contribution in [0.4, 0.5) is 0 Å². The van der Waals surface area contributed by atoms with Crippen molar-refractivity contribution in [3.05, 3.63) is 22.9 Å². The fourth-order valence-electron chi connectivity index (χ4n) is 0.196. The summed E-state index contributed by atoms with van der Waals surface area (Å²) < 4.78 is 0. The first-order valence-electron chi connectivity index (χ1n) is 2.29. The molecule has 0 unspecified atom stereocenters. The number of aliphatic hydroxyl groups is 2. The molecule has 0 aliphatic rings. The number of aliphatic hydroxyl groups excluding tert-OH is 2. The minimum atomic E-state index is 0. The van der Waals surface area contributed by atoms with Gasteiger partial charge < -0.3 is 21.5 Å². The normalized spacial score (nSPS) is 5.20. The molecule has 4 heteroatoms. The number of thiophene rings is 1. The molecule has 0 amide bonds. The Bertz CT molecular complexity index is 72.2. The average Bonchev–Trinajstić information content (AvgIpc) is 2.51. The van der Waals surface area contributed by atoms with Gasteiger partial charge in [0, 0.05) is 35.9 Å². The van der Waals surface area contributed by atoms with Crippen LogP contribution in [-0.2, 0) is 21.7 Å². The summed E-state index contributed by atoms with van der Waals surface area (Å²) >= 11 is 1.59. The molecule has 1 rings (SSSR count). The maximum atomic E-state index is 7.00. The Morgan fingerprint density at radius 3 is 1.80 bits per heavy atom. The molecule has 10 heavy (non-hydrogen) atoms. The van der Waals surface area contributed by atoms with E-state index in [4.69, 9.17) is 10.2 Å². The molecule has 0 aliphatic carbocycles. The van der Waals surface area contributed by atoms with E-state index in [0.717, 1.165) is 14.2 Å². The van der Waals surface area contributed by atoms with Gasteiger partial charge in [0.1, 0.15) is 0 Å². The molecule has 58 valence electrons. The topological polar surface area (TPSA) is 40.5 Å². The molecule has 0 fully saturated rings. The molecule has 0 saturated heterocycles. The van der Waals surface area contributed by atoms with Crippen molar-refractivity contribution in [1.29, 1.82) is 0 Å². The second-order valence-corrected chi connectivity index (χ2v) is 1.47. The summed E-state index contributed by atoms with van der Waals surface area (Å²) in [4.78, 5) is 0. The van der Waals surface area contributed by atoms with Crippen LogP contribution in [-0.4, -0.2) is 24.4 Å². The van der Waals surface area contributed by atoms with Gasteiger partial charge in [0.25, 0.3) is 0 Å². The Hall–Kier alpha value is 0.334. The third-order valence-corrected chi connectivity index (χ3v) is 0.944. The summed E-state index contributed by atoms with van der Waals surface area (Å²) in [5, 5.41) is 18.9. The minimum Gasteiger partial charge on any atom is -0.400 e.